The summed E-state index contributed by atoms with van der Waals surface area (Å²) >= 11 is 0. The van der Waals surface area contributed by atoms with Gasteiger partial charge in [0.1, 0.15) is 12.3 Å². The number of aldehydes is 1. The molecule has 0 spiro atoms. The van der Waals surface area contributed by atoms with Crippen LogP contribution in [0.15, 0.2) is 57.7 Å². The summed E-state index contributed by atoms with van der Waals surface area (Å²) < 4.78 is 16.4. The summed E-state index contributed by atoms with van der Waals surface area (Å²) in [5, 5.41) is 4.08. The second kappa shape index (κ2) is 14.6. The highest BCUT2D eigenvalue weighted by molar-refractivity contribution is 5.83. The van der Waals surface area contributed by atoms with E-state index in [1.54, 1.807) is 13.3 Å². The first-order valence-corrected chi connectivity index (χ1v) is 14.0. The molecule has 0 radical (unpaired) electrons. The molecule has 3 rings (SSSR count). The van der Waals surface area contributed by atoms with Crippen molar-refractivity contribution in [2.45, 2.75) is 66.5 Å². The Morgan fingerprint density at radius 3 is 2.52 bits per heavy atom. The van der Waals surface area contributed by atoms with E-state index in [1.165, 1.54) is 6.92 Å². The third-order valence-corrected chi connectivity index (χ3v) is 6.91. The van der Waals surface area contributed by atoms with Crippen LogP contribution >= 0.6 is 0 Å². The molecule has 1 aromatic carbocycles. The molecule has 0 bridgehead atoms. The van der Waals surface area contributed by atoms with Crippen LogP contribution in [0.3, 0.4) is 0 Å². The quantitative estimate of drug-likeness (QED) is 0.124. The fraction of sp³-hybridized carbons (Fsp3) is 0.438. The summed E-state index contributed by atoms with van der Waals surface area (Å²) in [6.07, 6.45) is 3.15. The molecule has 2 unspecified atom stereocenters. The van der Waals surface area contributed by atoms with Gasteiger partial charge in [-0.15, -0.1) is 0 Å². The maximum Gasteiger partial charge on any atom is 0.302 e. The van der Waals surface area contributed by atoms with E-state index in [0.29, 0.717) is 37.6 Å². The van der Waals surface area contributed by atoms with E-state index < -0.39 is 6.04 Å². The minimum atomic E-state index is -0.621. The van der Waals surface area contributed by atoms with Gasteiger partial charge >= 0.3 is 5.97 Å². The number of anilines is 1. The third-order valence-electron chi connectivity index (χ3n) is 6.91. The highest BCUT2D eigenvalue weighted by Crippen LogP contribution is 2.37. The van der Waals surface area contributed by atoms with Crippen molar-refractivity contribution in [3.63, 3.8) is 0 Å². The first kappa shape index (κ1) is 32.3. The summed E-state index contributed by atoms with van der Waals surface area (Å²) in [6, 6.07) is 11.3. The zero-order valence-corrected chi connectivity index (χ0v) is 25.6. The van der Waals surface area contributed by atoms with E-state index in [1.807, 2.05) is 37.3 Å². The molecule has 3 aromatic rings. The van der Waals surface area contributed by atoms with Crippen molar-refractivity contribution in [1.82, 2.24) is 15.1 Å². The van der Waals surface area contributed by atoms with Gasteiger partial charge in [0.2, 0.25) is 11.7 Å². The lowest BCUT2D eigenvalue weighted by molar-refractivity contribution is -0.143. The van der Waals surface area contributed by atoms with Crippen LogP contribution in [0.1, 0.15) is 71.2 Å². The highest BCUT2D eigenvalue weighted by atomic mass is 16.5. The van der Waals surface area contributed by atoms with Gasteiger partial charge in [-0.25, -0.2) is 0 Å². The molecular weight excluding hydrogens is 534 g/mol. The molecule has 0 saturated carbocycles. The van der Waals surface area contributed by atoms with Crippen molar-refractivity contribution in [2.24, 2.45) is 10.4 Å². The normalized spacial score (nSPS) is 13.6. The maximum atomic E-state index is 11.5. The number of nitrogens with zero attached hydrogens (tertiary/aromatic N) is 5. The Morgan fingerprint density at radius 1 is 1.21 bits per heavy atom. The Hall–Kier alpha value is -4.18. The third kappa shape index (κ3) is 8.19. The Kier molecular flexibility index (Phi) is 11.3. The van der Waals surface area contributed by atoms with E-state index in [9.17, 15) is 9.59 Å². The van der Waals surface area contributed by atoms with Crippen LogP contribution in [-0.2, 0) is 25.5 Å². The molecule has 0 aliphatic rings. The van der Waals surface area contributed by atoms with Gasteiger partial charge in [-0.2, -0.15) is 4.98 Å². The molecular formula is C32H41N5O5. The van der Waals surface area contributed by atoms with Gasteiger partial charge in [-0.05, 0) is 75.9 Å². The molecule has 0 aliphatic heterocycles. The van der Waals surface area contributed by atoms with E-state index in [4.69, 9.17) is 19.0 Å². The van der Waals surface area contributed by atoms with Gasteiger partial charge in [0.25, 0.3) is 0 Å². The summed E-state index contributed by atoms with van der Waals surface area (Å²) in [7, 11) is 1.67. The number of aliphatic imine (C=N–C) groups is 1. The summed E-state index contributed by atoms with van der Waals surface area (Å²) in [6.45, 7) is 16.2. The van der Waals surface area contributed by atoms with E-state index >= 15 is 0 Å². The number of hydrogen-bond donors (Lipinski definition) is 0. The average Bonchev–Trinajstić information content (AvgIpc) is 3.45. The predicted octanol–water partition coefficient (Wildman–Crippen LogP) is 5.89. The number of methoxy groups -OCH3 is 1. The van der Waals surface area contributed by atoms with Crippen molar-refractivity contribution in [2.75, 3.05) is 25.2 Å². The Labute approximate surface area is 247 Å². The molecule has 2 heterocycles. The van der Waals surface area contributed by atoms with Crippen LogP contribution in [0.5, 0.6) is 0 Å². The first-order valence-electron chi connectivity index (χ1n) is 14.0. The molecule has 0 aliphatic carbocycles. The second-order valence-electron chi connectivity index (χ2n) is 11.0. The lowest BCUT2D eigenvalue weighted by Crippen LogP contribution is -2.26. The van der Waals surface area contributed by atoms with E-state index in [2.05, 4.69) is 60.5 Å². The minimum absolute atomic E-state index is 0.205. The van der Waals surface area contributed by atoms with Crippen LogP contribution in [0.25, 0.3) is 17.1 Å². The number of ether oxygens (including phenoxy) is 2. The van der Waals surface area contributed by atoms with Crippen LogP contribution < -0.4 is 4.90 Å². The van der Waals surface area contributed by atoms with Crippen LogP contribution in [0.4, 0.5) is 5.69 Å². The topological polar surface area (TPSA) is 120 Å². The molecule has 10 heteroatoms. The molecule has 0 saturated heterocycles. The fourth-order valence-electron chi connectivity index (χ4n) is 4.86. The Morgan fingerprint density at radius 2 is 1.93 bits per heavy atom. The zero-order chi connectivity index (χ0) is 30.9. The number of hydrogen-bond acceptors (Lipinski definition) is 10. The van der Waals surface area contributed by atoms with Crippen molar-refractivity contribution in [3.05, 3.63) is 65.3 Å². The monoisotopic (exact) mass is 575 g/mol. The maximum absolute atomic E-state index is 11.5. The number of carbonyl (C=O) groups excluding carboxylic acids is 2. The number of benzene rings is 1. The van der Waals surface area contributed by atoms with Gasteiger partial charge in [0, 0.05) is 54.7 Å². The lowest BCUT2D eigenvalue weighted by Gasteiger charge is -2.33. The summed E-state index contributed by atoms with van der Waals surface area (Å²) in [5.41, 5.74) is 5.41. The predicted molar refractivity (Wildman–Crippen MR) is 163 cm³/mol. The molecule has 0 fully saturated rings. The second-order valence-corrected chi connectivity index (χ2v) is 11.0. The summed E-state index contributed by atoms with van der Waals surface area (Å²) in [4.78, 5) is 37.7. The van der Waals surface area contributed by atoms with Crippen molar-refractivity contribution in [1.29, 1.82) is 0 Å². The van der Waals surface area contributed by atoms with Crippen molar-refractivity contribution < 1.29 is 23.6 Å². The largest absolute Gasteiger partial charge is 0.465 e. The van der Waals surface area contributed by atoms with Gasteiger partial charge in [0.15, 0.2) is 0 Å². The SMILES string of the molecule is C=NC(C=O)Cc1nc(-c2ccc(N(CC)/C(=C(\C)CC(C)(C)COC(C)=O)c3cccnc3C(C)OC)cc2)no1. The Balaban J connectivity index is 2.04. The first-order chi connectivity index (χ1) is 20.0. The van der Waals surface area contributed by atoms with Crippen LogP contribution in [-0.4, -0.2) is 60.4 Å². The lowest BCUT2D eigenvalue weighted by atomic mass is 9.85. The number of allylic oxidation sites excluding steroid dienone is 1. The number of rotatable bonds is 15. The molecule has 0 N–H and O–H groups in total. The van der Waals surface area contributed by atoms with Gasteiger partial charge < -0.3 is 23.7 Å². The fourth-order valence-corrected chi connectivity index (χ4v) is 4.86. The zero-order valence-electron chi connectivity index (χ0n) is 25.6. The molecule has 224 valence electrons. The van der Waals surface area contributed by atoms with E-state index in [0.717, 1.165) is 33.8 Å². The van der Waals surface area contributed by atoms with Gasteiger partial charge in [-0.3, -0.25) is 14.8 Å². The standard InChI is InChI=1S/C32H41N5O5/c1-9-37(26-14-12-24(13-15-26)31-35-28(42-36-31)17-25(19-38)33-7)30(21(2)18-32(5,6)20-41-23(4)39)27-11-10-16-34-29(27)22(3)40-8/h10-16,19,22,25H,7,9,17-18,20H2,1-6,8H3/b30-21+. The van der Waals surface area contributed by atoms with E-state index in [-0.39, 0.29) is 23.9 Å². The smallest absolute Gasteiger partial charge is 0.302 e. The molecule has 0 amide bonds. The minimum Gasteiger partial charge on any atom is -0.465 e. The Bertz CT molecular complexity index is 1390. The molecule has 2 atom stereocenters. The number of carbonyl (C=O) groups is 2. The van der Waals surface area contributed by atoms with Gasteiger partial charge in [0.05, 0.1) is 24.8 Å². The average molecular weight is 576 g/mol. The van der Waals surface area contributed by atoms with Crippen molar-refractivity contribution >= 4 is 30.4 Å². The van der Waals surface area contributed by atoms with Gasteiger partial charge in [-0.1, -0.05) is 19.0 Å². The number of pyridine rings is 1. The summed E-state index contributed by atoms with van der Waals surface area (Å²) in [5.74, 6) is 0.455. The highest BCUT2D eigenvalue weighted by Gasteiger charge is 2.27. The molecule has 2 aromatic heterocycles. The van der Waals surface area contributed by atoms with Crippen LogP contribution in [0.2, 0.25) is 0 Å². The van der Waals surface area contributed by atoms with Crippen LogP contribution in [0, 0.1) is 5.41 Å². The number of aromatic nitrogens is 3. The van der Waals surface area contributed by atoms with Crippen molar-refractivity contribution in [3.8, 4) is 11.4 Å². The molecule has 42 heavy (non-hydrogen) atoms. The number of esters is 1. The molecule has 10 nitrogen and oxygen atoms in total.